The summed E-state index contributed by atoms with van der Waals surface area (Å²) >= 11 is 11.1. The molecule has 8 heteroatoms. The van der Waals surface area contributed by atoms with Crippen LogP contribution in [-0.2, 0) is 0 Å². The second-order valence-electron chi connectivity index (χ2n) is 8.88. The van der Waals surface area contributed by atoms with Gasteiger partial charge in [0, 0.05) is 6.42 Å². The molecule has 0 saturated heterocycles. The predicted molar refractivity (Wildman–Crippen MR) is 140 cm³/mol. The molecular formula is C26H32O6S2. The van der Waals surface area contributed by atoms with Gasteiger partial charge in [0.25, 0.3) is 0 Å². The third kappa shape index (κ3) is 5.67. The molecule has 2 rings (SSSR count). The maximum Gasteiger partial charge on any atom is 0.157 e. The van der Waals surface area contributed by atoms with Crippen LogP contribution >= 0.6 is 24.4 Å². The number of aliphatic hydroxyl groups excluding tert-OH is 4. The Morgan fingerprint density at radius 1 is 0.912 bits per heavy atom. The summed E-state index contributed by atoms with van der Waals surface area (Å²) in [4.78, 5) is -0.418. The lowest BCUT2D eigenvalue weighted by Crippen LogP contribution is -2.70. The lowest BCUT2D eigenvalue weighted by atomic mass is 9.70. The zero-order chi connectivity index (χ0) is 25.8. The van der Waals surface area contributed by atoms with Crippen LogP contribution in [0, 0.1) is 13.8 Å². The van der Waals surface area contributed by atoms with E-state index in [1.807, 2.05) is 13.0 Å². The minimum Gasteiger partial charge on any atom is -0.394 e. The smallest absolute Gasteiger partial charge is 0.157 e. The molecule has 2 aromatic rings. The molecule has 0 amide bonds. The molecule has 0 fully saturated rings. The van der Waals surface area contributed by atoms with E-state index < -0.39 is 36.1 Å². The van der Waals surface area contributed by atoms with Gasteiger partial charge in [0.05, 0.1) is 16.3 Å². The summed E-state index contributed by atoms with van der Waals surface area (Å²) < 4.78 is 0. The second-order valence-corrected chi connectivity index (χ2v) is 9.69. The Balaban J connectivity index is 2.73. The monoisotopic (exact) mass is 504 g/mol. The van der Waals surface area contributed by atoms with Gasteiger partial charge in [-0.25, -0.2) is 0 Å². The Morgan fingerprint density at radius 3 is 1.79 bits per heavy atom. The van der Waals surface area contributed by atoms with E-state index in [9.17, 15) is 30.6 Å². The zero-order valence-electron chi connectivity index (χ0n) is 19.5. The highest BCUT2D eigenvalue weighted by atomic mass is 32.1. The van der Waals surface area contributed by atoms with Gasteiger partial charge in [0.1, 0.15) is 23.9 Å². The van der Waals surface area contributed by atoms with Crippen LogP contribution in [0.4, 0.5) is 0 Å². The van der Waals surface area contributed by atoms with Crippen LogP contribution in [0.5, 0.6) is 0 Å². The number of thiocarbonyl (C=S) groups is 2. The van der Waals surface area contributed by atoms with Crippen molar-refractivity contribution >= 4 is 34.2 Å². The Bertz CT molecular complexity index is 1070. The molecule has 0 aromatic heterocycles. The zero-order valence-corrected chi connectivity index (χ0v) is 21.1. The van der Waals surface area contributed by atoms with Gasteiger partial charge in [0.15, 0.2) is 5.60 Å². The van der Waals surface area contributed by atoms with Crippen LogP contribution in [0.2, 0.25) is 0 Å². The Kier molecular flexibility index (Phi) is 9.37. The van der Waals surface area contributed by atoms with Crippen LogP contribution in [0.1, 0.15) is 35.6 Å². The number of benzene rings is 2. The van der Waals surface area contributed by atoms with E-state index in [0.717, 1.165) is 11.1 Å². The van der Waals surface area contributed by atoms with Crippen LogP contribution < -0.4 is 0 Å². The Labute approximate surface area is 210 Å². The number of aryl methyl sites for hydroxylation is 2. The summed E-state index contributed by atoms with van der Waals surface area (Å²) in [6, 6.07) is 13.6. The van der Waals surface area contributed by atoms with Crippen LogP contribution in [-0.4, -0.2) is 76.5 Å². The first-order valence-corrected chi connectivity index (χ1v) is 11.6. The quantitative estimate of drug-likeness (QED) is 0.156. The van der Waals surface area contributed by atoms with Crippen molar-refractivity contribution in [3.8, 4) is 0 Å². The number of hydrogen-bond donors (Lipinski definition) is 6. The molecule has 6 N–H and O–H groups in total. The van der Waals surface area contributed by atoms with Crippen molar-refractivity contribution in [2.75, 3.05) is 6.61 Å². The van der Waals surface area contributed by atoms with Crippen molar-refractivity contribution in [2.24, 2.45) is 0 Å². The van der Waals surface area contributed by atoms with E-state index in [2.05, 4.69) is 6.58 Å². The SMILES string of the molecule is C=C(C)CC(O)(C(=S)c1cccc(C)c1)[C@@H](O)[C@@](O)(C(=S)c1cccc(C)c1)[C@H](O)[C@@H](O)CO. The van der Waals surface area contributed by atoms with E-state index in [-0.39, 0.29) is 16.1 Å². The lowest BCUT2D eigenvalue weighted by Gasteiger charge is -2.46. The van der Waals surface area contributed by atoms with Gasteiger partial charge in [-0.05, 0) is 31.9 Å². The van der Waals surface area contributed by atoms with Crippen molar-refractivity contribution in [2.45, 2.75) is 56.7 Å². The maximum absolute atomic E-state index is 11.8. The van der Waals surface area contributed by atoms with Crippen LogP contribution in [0.15, 0.2) is 60.7 Å². The van der Waals surface area contributed by atoms with Crippen molar-refractivity contribution in [3.05, 3.63) is 82.9 Å². The fraction of sp³-hybridized carbons (Fsp3) is 0.385. The molecule has 0 bridgehead atoms. The molecule has 0 saturated carbocycles. The Hall–Kier alpha value is -1.88. The lowest BCUT2D eigenvalue weighted by molar-refractivity contribution is -0.180. The minimum atomic E-state index is -2.77. The molecule has 0 aliphatic carbocycles. The van der Waals surface area contributed by atoms with Gasteiger partial charge in [-0.1, -0.05) is 89.7 Å². The molecule has 0 aliphatic heterocycles. The summed E-state index contributed by atoms with van der Waals surface area (Å²) in [5.74, 6) is 0. The topological polar surface area (TPSA) is 121 Å². The summed E-state index contributed by atoms with van der Waals surface area (Å²) in [5, 5.41) is 65.8. The third-order valence-electron chi connectivity index (χ3n) is 5.76. The molecule has 1 unspecified atom stereocenters. The molecule has 6 nitrogen and oxygen atoms in total. The Morgan fingerprint density at radius 2 is 1.38 bits per heavy atom. The van der Waals surface area contributed by atoms with Crippen LogP contribution in [0.3, 0.4) is 0 Å². The highest BCUT2D eigenvalue weighted by Gasteiger charge is 2.58. The summed E-state index contributed by atoms with van der Waals surface area (Å²) in [6.07, 6.45) is -6.49. The average molecular weight is 505 g/mol. The van der Waals surface area contributed by atoms with E-state index in [0.29, 0.717) is 16.7 Å². The number of hydrogen-bond acceptors (Lipinski definition) is 8. The fourth-order valence-corrected chi connectivity index (χ4v) is 4.66. The van der Waals surface area contributed by atoms with E-state index in [1.165, 1.54) is 0 Å². The van der Waals surface area contributed by atoms with Crippen molar-refractivity contribution < 1.29 is 30.6 Å². The molecular weight excluding hydrogens is 472 g/mol. The molecule has 0 heterocycles. The molecule has 34 heavy (non-hydrogen) atoms. The number of rotatable bonds is 11. The first-order valence-electron chi connectivity index (χ1n) is 10.8. The van der Waals surface area contributed by atoms with Crippen molar-refractivity contribution in [3.63, 3.8) is 0 Å². The van der Waals surface area contributed by atoms with E-state index in [1.54, 1.807) is 56.3 Å². The highest BCUT2D eigenvalue weighted by Crippen LogP contribution is 2.37. The average Bonchev–Trinajstić information content (AvgIpc) is 2.80. The molecule has 184 valence electrons. The maximum atomic E-state index is 11.8. The molecule has 0 aliphatic rings. The molecule has 2 aromatic carbocycles. The van der Waals surface area contributed by atoms with Gasteiger partial charge < -0.3 is 30.6 Å². The van der Waals surface area contributed by atoms with E-state index >= 15 is 0 Å². The van der Waals surface area contributed by atoms with Gasteiger partial charge in [-0.2, -0.15) is 0 Å². The van der Waals surface area contributed by atoms with Gasteiger partial charge in [-0.15, -0.1) is 6.58 Å². The van der Waals surface area contributed by atoms with E-state index in [4.69, 9.17) is 24.4 Å². The van der Waals surface area contributed by atoms with Gasteiger partial charge in [-0.3, -0.25) is 0 Å². The number of aliphatic hydroxyl groups is 6. The molecule has 0 spiro atoms. The van der Waals surface area contributed by atoms with Gasteiger partial charge >= 0.3 is 0 Å². The van der Waals surface area contributed by atoms with Gasteiger partial charge in [0.2, 0.25) is 0 Å². The van der Waals surface area contributed by atoms with Crippen molar-refractivity contribution in [1.82, 2.24) is 0 Å². The predicted octanol–water partition coefficient (Wildman–Crippen LogP) is 1.94. The minimum absolute atomic E-state index is 0.0946. The fourth-order valence-electron chi connectivity index (χ4n) is 3.99. The molecule has 0 radical (unpaired) electrons. The largest absolute Gasteiger partial charge is 0.394 e. The normalized spacial score (nSPS) is 17.7. The second kappa shape index (κ2) is 11.2. The highest BCUT2D eigenvalue weighted by molar-refractivity contribution is 7.81. The molecule has 5 atom stereocenters. The van der Waals surface area contributed by atoms with Crippen LogP contribution in [0.25, 0.3) is 0 Å². The summed E-state index contributed by atoms with van der Waals surface area (Å²) in [5.41, 5.74) is -2.28. The first-order chi connectivity index (χ1) is 15.8. The van der Waals surface area contributed by atoms with Crippen molar-refractivity contribution in [1.29, 1.82) is 0 Å². The first kappa shape index (κ1) is 28.4. The third-order valence-corrected chi connectivity index (χ3v) is 6.91. The summed E-state index contributed by atoms with van der Waals surface area (Å²) in [6.45, 7) is 8.14. The summed E-state index contributed by atoms with van der Waals surface area (Å²) in [7, 11) is 0. The standard InChI is InChI=1S/C26H32O6S2/c1-15(2)13-25(31,22(33)18-9-5-7-16(3)11-18)24(30)26(32,21(29)20(28)14-27)23(34)19-10-6-8-17(4)12-19/h5-12,20-21,24,27-32H,1,13-14H2,2-4H3/t20-,21+,24+,25?,26-/m0/s1.